The number of amidine groups is 1. The zero-order valence-corrected chi connectivity index (χ0v) is 12.8. The molecule has 0 fully saturated rings. The molecule has 2 aromatic rings. The highest BCUT2D eigenvalue weighted by Crippen LogP contribution is 2.31. The van der Waals surface area contributed by atoms with Crippen LogP contribution >= 0.6 is 15.9 Å². The smallest absolute Gasteiger partial charge is 0.170 e. The lowest BCUT2D eigenvalue weighted by Gasteiger charge is -2.11. The van der Waals surface area contributed by atoms with Gasteiger partial charge in [-0.3, -0.25) is 0 Å². The van der Waals surface area contributed by atoms with Gasteiger partial charge in [-0.15, -0.1) is 0 Å². The molecule has 0 aliphatic carbocycles. The lowest BCUT2D eigenvalue weighted by molar-refractivity contribution is 0.318. The van der Waals surface area contributed by atoms with Crippen molar-refractivity contribution in [1.29, 1.82) is 0 Å². The number of oxime groups is 1. The summed E-state index contributed by atoms with van der Waals surface area (Å²) in [5.74, 6) is 1.53. The fraction of sp³-hybridized carbons (Fsp3) is 0.133. The van der Waals surface area contributed by atoms with Crippen LogP contribution in [0.4, 0.5) is 0 Å². The maximum absolute atomic E-state index is 8.71. The van der Waals surface area contributed by atoms with Crippen LogP contribution in [0.1, 0.15) is 16.7 Å². The molecule has 3 N–H and O–H groups in total. The summed E-state index contributed by atoms with van der Waals surface area (Å²) in [7, 11) is 0. The summed E-state index contributed by atoms with van der Waals surface area (Å²) in [6.07, 6.45) is 0. The van der Waals surface area contributed by atoms with Crippen molar-refractivity contribution in [1.82, 2.24) is 0 Å². The van der Waals surface area contributed by atoms with Crippen LogP contribution in [0.2, 0.25) is 0 Å². The Labute approximate surface area is 126 Å². The number of aryl methyl sites for hydroxylation is 2. The van der Waals surface area contributed by atoms with Gasteiger partial charge in [-0.25, -0.2) is 0 Å². The van der Waals surface area contributed by atoms with Gasteiger partial charge in [0.25, 0.3) is 0 Å². The molecular weight excluding hydrogens is 320 g/mol. The van der Waals surface area contributed by atoms with E-state index in [1.807, 2.05) is 38.1 Å². The molecule has 0 spiro atoms. The third kappa shape index (κ3) is 3.11. The van der Waals surface area contributed by atoms with Crippen molar-refractivity contribution in [3.8, 4) is 11.5 Å². The van der Waals surface area contributed by atoms with Crippen LogP contribution in [0.15, 0.2) is 46.0 Å². The number of rotatable bonds is 3. The molecule has 0 aliphatic heterocycles. The van der Waals surface area contributed by atoms with Gasteiger partial charge in [-0.1, -0.05) is 11.2 Å². The Balaban J connectivity index is 2.29. The topological polar surface area (TPSA) is 67.8 Å². The van der Waals surface area contributed by atoms with Crippen molar-refractivity contribution in [3.05, 3.63) is 57.6 Å². The van der Waals surface area contributed by atoms with E-state index in [4.69, 9.17) is 15.7 Å². The average molecular weight is 335 g/mol. The zero-order valence-electron chi connectivity index (χ0n) is 11.2. The second kappa shape index (κ2) is 5.96. The van der Waals surface area contributed by atoms with Crippen molar-refractivity contribution in [3.63, 3.8) is 0 Å². The van der Waals surface area contributed by atoms with Gasteiger partial charge in [0.15, 0.2) is 5.84 Å². The fourth-order valence-electron chi connectivity index (χ4n) is 1.86. The Morgan fingerprint density at radius 1 is 1.20 bits per heavy atom. The molecule has 4 nitrogen and oxygen atoms in total. The minimum Gasteiger partial charge on any atom is -0.456 e. The number of halogens is 1. The standard InChI is InChI=1S/C15H15BrN2O2/c1-9-3-6-14(13(16)7-9)20-11-4-5-12(10(2)8-11)15(17)18-19/h3-8,19H,1-2H3,(H2,17,18). The molecule has 20 heavy (non-hydrogen) atoms. The van der Waals surface area contributed by atoms with Gasteiger partial charge in [0.1, 0.15) is 11.5 Å². The zero-order chi connectivity index (χ0) is 14.7. The first-order valence-electron chi connectivity index (χ1n) is 6.04. The number of hydrogen-bond acceptors (Lipinski definition) is 3. The molecule has 5 heteroatoms. The number of benzene rings is 2. The molecule has 0 aliphatic rings. The van der Waals surface area contributed by atoms with E-state index in [-0.39, 0.29) is 5.84 Å². The van der Waals surface area contributed by atoms with Crippen molar-refractivity contribution >= 4 is 21.8 Å². The van der Waals surface area contributed by atoms with E-state index < -0.39 is 0 Å². The lowest BCUT2D eigenvalue weighted by Crippen LogP contribution is -2.14. The second-order valence-corrected chi connectivity index (χ2v) is 5.35. The molecule has 0 bridgehead atoms. The van der Waals surface area contributed by atoms with E-state index in [1.54, 1.807) is 12.1 Å². The molecule has 0 radical (unpaired) electrons. The third-order valence-corrected chi connectivity index (χ3v) is 3.52. The lowest BCUT2D eigenvalue weighted by atomic mass is 10.1. The van der Waals surface area contributed by atoms with Crippen LogP contribution in [0.5, 0.6) is 11.5 Å². The largest absolute Gasteiger partial charge is 0.456 e. The molecule has 0 saturated heterocycles. The van der Waals surface area contributed by atoms with Crippen LogP contribution < -0.4 is 10.5 Å². The van der Waals surface area contributed by atoms with E-state index in [0.717, 1.165) is 21.3 Å². The van der Waals surface area contributed by atoms with Crippen LogP contribution in [0, 0.1) is 13.8 Å². The molecule has 0 atom stereocenters. The van der Waals surface area contributed by atoms with Gasteiger partial charge in [-0.2, -0.15) is 0 Å². The molecule has 0 saturated carbocycles. The van der Waals surface area contributed by atoms with Crippen molar-refractivity contribution in [2.24, 2.45) is 10.9 Å². The van der Waals surface area contributed by atoms with Crippen LogP contribution in [-0.4, -0.2) is 11.0 Å². The fourth-order valence-corrected chi connectivity index (χ4v) is 2.43. The summed E-state index contributed by atoms with van der Waals surface area (Å²) in [5.41, 5.74) is 8.30. The molecule has 0 heterocycles. The number of hydrogen-bond donors (Lipinski definition) is 2. The summed E-state index contributed by atoms with van der Waals surface area (Å²) in [5, 5.41) is 11.7. The van der Waals surface area contributed by atoms with Crippen LogP contribution in [0.25, 0.3) is 0 Å². The number of ether oxygens (including phenoxy) is 1. The van der Waals surface area contributed by atoms with E-state index >= 15 is 0 Å². The second-order valence-electron chi connectivity index (χ2n) is 4.50. The normalized spacial score (nSPS) is 11.4. The van der Waals surface area contributed by atoms with Crippen LogP contribution in [0.3, 0.4) is 0 Å². The third-order valence-electron chi connectivity index (χ3n) is 2.90. The Hall–Kier alpha value is -2.01. The van der Waals surface area contributed by atoms with Crippen LogP contribution in [-0.2, 0) is 0 Å². The molecule has 0 amide bonds. The Morgan fingerprint density at radius 2 is 1.95 bits per heavy atom. The van der Waals surface area contributed by atoms with E-state index in [9.17, 15) is 0 Å². The Morgan fingerprint density at radius 3 is 2.55 bits per heavy atom. The minimum atomic E-state index is 0.0885. The van der Waals surface area contributed by atoms with Gasteiger partial charge in [0.05, 0.1) is 4.47 Å². The monoisotopic (exact) mass is 334 g/mol. The summed E-state index contributed by atoms with van der Waals surface area (Å²) < 4.78 is 6.72. The molecule has 0 aromatic heterocycles. The quantitative estimate of drug-likeness (QED) is 0.386. The van der Waals surface area contributed by atoms with Gasteiger partial charge in [-0.05, 0) is 71.2 Å². The first kappa shape index (κ1) is 14.4. The SMILES string of the molecule is Cc1ccc(Oc2ccc(/C(N)=N/O)c(C)c2)c(Br)c1. The van der Waals surface area contributed by atoms with Gasteiger partial charge < -0.3 is 15.7 Å². The van der Waals surface area contributed by atoms with Crippen molar-refractivity contribution in [2.75, 3.05) is 0 Å². The Kier molecular flexibility index (Phi) is 4.29. The Bertz CT molecular complexity index is 669. The predicted molar refractivity (Wildman–Crippen MR) is 82.6 cm³/mol. The maximum atomic E-state index is 8.71. The molecule has 2 aromatic carbocycles. The number of nitrogens with two attached hydrogens (primary N) is 1. The molecular formula is C15H15BrN2O2. The highest BCUT2D eigenvalue weighted by molar-refractivity contribution is 9.10. The summed E-state index contributed by atoms with van der Waals surface area (Å²) in [4.78, 5) is 0. The van der Waals surface area contributed by atoms with Crippen molar-refractivity contribution < 1.29 is 9.94 Å². The highest BCUT2D eigenvalue weighted by Gasteiger charge is 2.07. The van der Waals surface area contributed by atoms with E-state index in [0.29, 0.717) is 11.3 Å². The molecule has 104 valence electrons. The predicted octanol–water partition coefficient (Wildman–Crippen LogP) is 3.95. The summed E-state index contributed by atoms with van der Waals surface area (Å²) in [6.45, 7) is 3.90. The van der Waals surface area contributed by atoms with E-state index in [1.165, 1.54) is 0 Å². The van der Waals surface area contributed by atoms with E-state index in [2.05, 4.69) is 21.1 Å². The van der Waals surface area contributed by atoms with Gasteiger partial charge >= 0.3 is 0 Å². The van der Waals surface area contributed by atoms with Gasteiger partial charge in [0, 0.05) is 5.56 Å². The van der Waals surface area contributed by atoms with Gasteiger partial charge in [0.2, 0.25) is 0 Å². The average Bonchev–Trinajstić information content (AvgIpc) is 2.41. The molecule has 0 unspecified atom stereocenters. The summed E-state index contributed by atoms with van der Waals surface area (Å²) in [6, 6.07) is 11.3. The first-order chi connectivity index (χ1) is 9.51. The number of nitrogens with zero attached hydrogens (tertiary/aromatic N) is 1. The first-order valence-corrected chi connectivity index (χ1v) is 6.83. The van der Waals surface area contributed by atoms with Crippen molar-refractivity contribution in [2.45, 2.75) is 13.8 Å². The summed E-state index contributed by atoms with van der Waals surface area (Å²) >= 11 is 3.47. The minimum absolute atomic E-state index is 0.0885. The molecule has 2 rings (SSSR count). The maximum Gasteiger partial charge on any atom is 0.170 e. The highest BCUT2D eigenvalue weighted by atomic mass is 79.9.